The fraction of sp³-hybridized carbons (Fsp3) is 0.333. The minimum absolute atomic E-state index is 0. The van der Waals surface area contributed by atoms with Gasteiger partial charge in [0.2, 0.25) is 0 Å². The van der Waals surface area contributed by atoms with Crippen LogP contribution in [-0.2, 0) is 32.7 Å². The maximum absolute atomic E-state index is 4.38. The number of rotatable bonds is 1. The summed E-state index contributed by atoms with van der Waals surface area (Å²) in [6.45, 7) is 6.04. The van der Waals surface area contributed by atoms with Crippen molar-refractivity contribution in [2.45, 2.75) is 20.8 Å². The van der Waals surface area contributed by atoms with Gasteiger partial charge in [0.05, 0.1) is 0 Å². The van der Waals surface area contributed by atoms with E-state index in [1.165, 1.54) is 4.88 Å². The Morgan fingerprint density at radius 2 is 2.07 bits per heavy atom. The molecule has 14 heavy (non-hydrogen) atoms. The molecule has 0 N–H and O–H groups in total. The van der Waals surface area contributed by atoms with Crippen LogP contribution in [0.2, 0.25) is 0 Å². The summed E-state index contributed by atoms with van der Waals surface area (Å²) in [7, 11) is 0. The topological polar surface area (TPSA) is 30.7 Å². The number of hydrogen-bond acceptors (Lipinski definition) is 3. The van der Waals surface area contributed by atoms with Crippen molar-refractivity contribution in [2.24, 2.45) is 0 Å². The average Bonchev–Trinajstić information content (AvgIpc) is 2.61. The van der Waals surface area contributed by atoms with E-state index < -0.39 is 0 Å². The molecule has 2 heterocycles. The molecule has 0 fully saturated rings. The molecule has 0 unspecified atom stereocenters. The molecule has 0 bridgehead atoms. The van der Waals surface area contributed by atoms with Crippen molar-refractivity contribution in [1.29, 1.82) is 0 Å². The summed E-state index contributed by atoms with van der Waals surface area (Å²) in [6.07, 6.45) is 4.87. The van der Waals surface area contributed by atoms with Gasteiger partial charge in [0.1, 0.15) is 5.13 Å². The monoisotopic (exact) mass is 281 g/mol. The fourth-order valence-electron chi connectivity index (χ4n) is 1.01. The zero-order valence-electron chi connectivity index (χ0n) is 8.40. The average molecular weight is 281 g/mol. The van der Waals surface area contributed by atoms with Crippen LogP contribution >= 0.6 is 11.3 Å². The first-order valence-electron chi connectivity index (χ1n) is 4.05. The Balaban J connectivity index is 0.000000980. The van der Waals surface area contributed by atoms with Crippen LogP contribution in [0, 0.1) is 27.0 Å². The first-order valence-corrected chi connectivity index (χ1v) is 4.87. The van der Waals surface area contributed by atoms with E-state index in [1.807, 2.05) is 13.8 Å². The van der Waals surface area contributed by atoms with E-state index in [2.05, 4.69) is 23.2 Å². The summed E-state index contributed by atoms with van der Waals surface area (Å²) in [6, 6.07) is 0. The molecule has 0 atom stereocenters. The van der Waals surface area contributed by atoms with Crippen LogP contribution in [0.5, 0.6) is 0 Å². The second kappa shape index (κ2) is 4.64. The number of hydrogen-bond donors (Lipinski definition) is 0. The molecule has 5 heteroatoms. The Labute approximate surface area is 112 Å². The summed E-state index contributed by atoms with van der Waals surface area (Å²) < 4.78 is 1.69. The zero-order valence-corrected chi connectivity index (χ0v) is 12.1. The summed E-state index contributed by atoms with van der Waals surface area (Å²) in [5.74, 6) is 0. The Kier molecular flexibility index (Phi) is 3.98. The third-order valence-corrected chi connectivity index (χ3v) is 2.90. The summed E-state index contributed by atoms with van der Waals surface area (Å²) >= 11 is 1.64. The largest absolute Gasteiger partial charge is 0.335 e. The van der Waals surface area contributed by atoms with Gasteiger partial charge in [-0.25, -0.2) is 0 Å². The van der Waals surface area contributed by atoms with Crippen LogP contribution in [0.1, 0.15) is 16.1 Å². The summed E-state index contributed by atoms with van der Waals surface area (Å²) in [4.78, 5) is 5.61. The van der Waals surface area contributed by atoms with E-state index in [-0.39, 0.29) is 32.7 Å². The van der Waals surface area contributed by atoms with E-state index in [4.69, 9.17) is 0 Å². The van der Waals surface area contributed by atoms with Gasteiger partial charge in [-0.05, 0) is 20.0 Å². The minimum Gasteiger partial charge on any atom is -0.335 e. The van der Waals surface area contributed by atoms with E-state index >= 15 is 0 Å². The fourth-order valence-corrected chi connectivity index (χ4v) is 1.84. The van der Waals surface area contributed by atoms with Crippen LogP contribution in [0.15, 0.2) is 6.20 Å². The van der Waals surface area contributed by atoms with Crippen LogP contribution in [0.3, 0.4) is 0 Å². The van der Waals surface area contributed by atoms with E-state index in [0.29, 0.717) is 0 Å². The molecule has 0 aliphatic heterocycles. The maximum atomic E-state index is 4.38. The Bertz CT molecular complexity index is 413. The predicted molar refractivity (Wildman–Crippen MR) is 52.3 cm³/mol. The van der Waals surface area contributed by atoms with Crippen molar-refractivity contribution in [3.05, 3.63) is 28.5 Å². The molecular weight excluding hydrogens is 271 g/mol. The first kappa shape index (κ1) is 12.0. The second-order valence-corrected chi connectivity index (χ2v) is 4.17. The molecule has 0 amide bonds. The Morgan fingerprint density at radius 1 is 1.36 bits per heavy atom. The number of aromatic nitrogens is 3. The Hall–Kier alpha value is -0.0561. The van der Waals surface area contributed by atoms with Gasteiger partial charge in [0, 0.05) is 43.3 Å². The molecule has 2 rings (SSSR count). The quantitative estimate of drug-likeness (QED) is 0.749. The smallest absolute Gasteiger partial charge is 0.108 e. The molecule has 1 radical (unpaired) electrons. The Morgan fingerprint density at radius 3 is 2.50 bits per heavy atom. The van der Waals surface area contributed by atoms with Gasteiger partial charge < -0.3 is 4.68 Å². The van der Waals surface area contributed by atoms with Gasteiger partial charge in [-0.1, -0.05) is 13.1 Å². The van der Waals surface area contributed by atoms with Gasteiger partial charge in [0.25, 0.3) is 0 Å². The number of thiazole rings is 1. The van der Waals surface area contributed by atoms with Crippen molar-refractivity contribution >= 4 is 11.3 Å². The van der Waals surface area contributed by atoms with Gasteiger partial charge in [-0.15, -0.1) is 5.56 Å². The number of aryl methyl sites for hydroxylation is 3. The standard InChI is InChI=1S/C9H10N3S.Y/c1-6-4-10-12(5-6)9-11-7(2)8(3)13-9;/h4H,1-3H3;/q-1;. The van der Waals surface area contributed by atoms with Crippen molar-refractivity contribution in [2.75, 3.05) is 0 Å². The summed E-state index contributed by atoms with van der Waals surface area (Å²) in [5.41, 5.74) is 2.10. The molecule has 0 saturated carbocycles. The van der Waals surface area contributed by atoms with E-state index in [0.717, 1.165) is 16.4 Å². The third kappa shape index (κ3) is 2.30. The number of nitrogens with zero attached hydrogens (tertiary/aromatic N) is 3. The molecule has 0 spiro atoms. The van der Waals surface area contributed by atoms with Gasteiger partial charge >= 0.3 is 0 Å². The van der Waals surface area contributed by atoms with Crippen molar-refractivity contribution in [3.8, 4) is 5.13 Å². The normalized spacial score (nSPS) is 9.93. The van der Waals surface area contributed by atoms with Gasteiger partial charge in [-0.2, -0.15) is 11.3 Å². The summed E-state index contributed by atoms with van der Waals surface area (Å²) in [5, 5.41) is 5.04. The molecular formula is C9H10N3SY-. The molecule has 71 valence electrons. The van der Waals surface area contributed by atoms with Gasteiger partial charge in [-0.3, -0.25) is 10.1 Å². The van der Waals surface area contributed by atoms with E-state index in [9.17, 15) is 0 Å². The van der Waals surface area contributed by atoms with Crippen molar-refractivity contribution < 1.29 is 32.7 Å². The van der Waals surface area contributed by atoms with Crippen LogP contribution < -0.4 is 0 Å². The van der Waals surface area contributed by atoms with Gasteiger partial charge in [0.15, 0.2) is 0 Å². The molecule has 0 saturated heterocycles. The SMILES string of the molecule is Cc1[c-]n(-c2nc(C)c(C)s2)nc1.[Y]. The van der Waals surface area contributed by atoms with Crippen LogP contribution in [-0.4, -0.2) is 14.8 Å². The maximum Gasteiger partial charge on any atom is 0.108 e. The first-order chi connectivity index (χ1) is 6.16. The van der Waals surface area contributed by atoms with Crippen molar-refractivity contribution in [1.82, 2.24) is 14.8 Å². The molecule has 0 aromatic carbocycles. The second-order valence-electron chi connectivity index (χ2n) is 2.99. The minimum atomic E-state index is 0. The zero-order chi connectivity index (χ0) is 9.42. The molecule has 2 aromatic heterocycles. The molecule has 2 aromatic rings. The predicted octanol–water partition coefficient (Wildman–Crippen LogP) is 2.05. The van der Waals surface area contributed by atoms with Crippen LogP contribution in [0.25, 0.3) is 5.13 Å². The molecule has 3 nitrogen and oxygen atoms in total. The molecule has 0 aliphatic rings. The van der Waals surface area contributed by atoms with Crippen LogP contribution in [0.4, 0.5) is 0 Å². The third-order valence-electron chi connectivity index (χ3n) is 1.85. The van der Waals surface area contributed by atoms with Crippen molar-refractivity contribution in [3.63, 3.8) is 0 Å². The van der Waals surface area contributed by atoms with E-state index in [1.54, 1.807) is 22.2 Å². The molecule has 0 aliphatic carbocycles.